The van der Waals surface area contributed by atoms with Gasteiger partial charge in [0.05, 0.1) is 25.0 Å². The average molecular weight is 352 g/mol. The Morgan fingerprint density at radius 2 is 2.19 bits per heavy atom. The van der Waals surface area contributed by atoms with E-state index in [0.717, 1.165) is 64.6 Å². The van der Waals surface area contributed by atoms with E-state index in [1.54, 1.807) is 6.20 Å². The van der Waals surface area contributed by atoms with E-state index in [1.165, 1.54) is 11.3 Å². The summed E-state index contributed by atoms with van der Waals surface area (Å²) in [6, 6.07) is 5.92. The van der Waals surface area contributed by atoms with Gasteiger partial charge in [-0.15, -0.1) is 0 Å². The number of aromatic amines is 1. The van der Waals surface area contributed by atoms with E-state index in [4.69, 9.17) is 4.74 Å². The SMILES string of the molecule is N#Cc1cccnc1N1CCC[C@H](c2[nH]ncc2CN2CCOCC2)C1. The van der Waals surface area contributed by atoms with Crippen LogP contribution in [0, 0.1) is 11.3 Å². The number of H-pyrrole nitrogens is 1. The summed E-state index contributed by atoms with van der Waals surface area (Å²) < 4.78 is 5.45. The second kappa shape index (κ2) is 7.85. The Balaban J connectivity index is 1.50. The van der Waals surface area contributed by atoms with Crippen molar-refractivity contribution in [3.63, 3.8) is 0 Å². The largest absolute Gasteiger partial charge is 0.379 e. The maximum Gasteiger partial charge on any atom is 0.146 e. The van der Waals surface area contributed by atoms with E-state index >= 15 is 0 Å². The molecule has 7 heteroatoms. The molecule has 7 nitrogen and oxygen atoms in total. The molecule has 26 heavy (non-hydrogen) atoms. The Kier molecular flexibility index (Phi) is 5.14. The fourth-order valence-corrected chi connectivity index (χ4v) is 3.94. The number of nitrogens with zero attached hydrogens (tertiary/aromatic N) is 5. The normalized spacial score (nSPS) is 21.5. The van der Waals surface area contributed by atoms with Crippen molar-refractivity contribution in [3.05, 3.63) is 41.3 Å². The highest BCUT2D eigenvalue weighted by atomic mass is 16.5. The minimum atomic E-state index is 0.385. The molecule has 0 aromatic carbocycles. The van der Waals surface area contributed by atoms with Gasteiger partial charge in [0.25, 0.3) is 0 Å². The lowest BCUT2D eigenvalue weighted by Gasteiger charge is -2.34. The monoisotopic (exact) mass is 352 g/mol. The van der Waals surface area contributed by atoms with Gasteiger partial charge in [0, 0.05) is 56.1 Å². The summed E-state index contributed by atoms with van der Waals surface area (Å²) in [4.78, 5) is 9.12. The Morgan fingerprint density at radius 3 is 3.04 bits per heavy atom. The third-order valence-electron chi connectivity index (χ3n) is 5.29. The third-order valence-corrected chi connectivity index (χ3v) is 5.29. The second-order valence-electron chi connectivity index (χ2n) is 6.97. The van der Waals surface area contributed by atoms with Crippen LogP contribution in [-0.4, -0.2) is 59.5 Å². The number of ether oxygens (including phenoxy) is 1. The number of nitriles is 1. The fourth-order valence-electron chi connectivity index (χ4n) is 3.94. The van der Waals surface area contributed by atoms with Crippen molar-refractivity contribution >= 4 is 5.82 Å². The third kappa shape index (κ3) is 3.57. The van der Waals surface area contributed by atoms with E-state index in [0.29, 0.717) is 11.5 Å². The first-order valence-electron chi connectivity index (χ1n) is 9.27. The van der Waals surface area contributed by atoms with E-state index in [-0.39, 0.29) is 0 Å². The summed E-state index contributed by atoms with van der Waals surface area (Å²) in [5.41, 5.74) is 3.15. The predicted octanol–water partition coefficient (Wildman–Crippen LogP) is 1.89. The van der Waals surface area contributed by atoms with E-state index in [9.17, 15) is 5.26 Å². The molecule has 4 rings (SSSR count). The van der Waals surface area contributed by atoms with Crippen LogP contribution in [0.1, 0.15) is 35.6 Å². The number of hydrogen-bond donors (Lipinski definition) is 1. The van der Waals surface area contributed by atoms with Gasteiger partial charge in [-0.3, -0.25) is 10.00 Å². The molecule has 2 saturated heterocycles. The van der Waals surface area contributed by atoms with Crippen molar-refractivity contribution in [2.45, 2.75) is 25.3 Å². The van der Waals surface area contributed by atoms with Gasteiger partial charge in [-0.1, -0.05) is 0 Å². The maximum atomic E-state index is 9.38. The molecule has 0 aliphatic carbocycles. The fraction of sp³-hybridized carbons (Fsp3) is 0.526. The number of anilines is 1. The van der Waals surface area contributed by atoms with Crippen LogP contribution in [0.15, 0.2) is 24.5 Å². The van der Waals surface area contributed by atoms with Crippen LogP contribution >= 0.6 is 0 Å². The number of piperidine rings is 1. The zero-order chi connectivity index (χ0) is 17.8. The molecule has 2 aromatic heterocycles. The van der Waals surface area contributed by atoms with Gasteiger partial charge in [-0.25, -0.2) is 4.98 Å². The molecule has 0 saturated carbocycles. The van der Waals surface area contributed by atoms with Gasteiger partial charge in [-0.05, 0) is 25.0 Å². The standard InChI is InChI=1S/C19H24N6O/c20-11-15-3-1-5-21-19(15)25-6-2-4-16(14-25)18-17(12-22-23-18)13-24-7-9-26-10-8-24/h1,3,5,12,16H,2,4,6-10,13-14H2,(H,22,23)/t16-/m0/s1. The number of aromatic nitrogens is 3. The van der Waals surface area contributed by atoms with Crippen LogP contribution in [0.25, 0.3) is 0 Å². The predicted molar refractivity (Wildman–Crippen MR) is 97.8 cm³/mol. The van der Waals surface area contributed by atoms with Crippen molar-refractivity contribution in [1.82, 2.24) is 20.1 Å². The molecule has 1 N–H and O–H groups in total. The molecule has 4 heterocycles. The Hall–Kier alpha value is -2.43. The Bertz CT molecular complexity index is 776. The highest BCUT2D eigenvalue weighted by molar-refractivity contribution is 5.54. The number of rotatable bonds is 4. The molecule has 2 aliphatic heterocycles. The number of morpholine rings is 1. The van der Waals surface area contributed by atoms with Crippen LogP contribution in [0.4, 0.5) is 5.82 Å². The molecule has 2 aliphatic rings. The van der Waals surface area contributed by atoms with Crippen molar-refractivity contribution in [2.24, 2.45) is 0 Å². The van der Waals surface area contributed by atoms with Gasteiger partial charge in [0.2, 0.25) is 0 Å². The number of hydrogen-bond acceptors (Lipinski definition) is 6. The van der Waals surface area contributed by atoms with Gasteiger partial charge in [-0.2, -0.15) is 10.4 Å². The van der Waals surface area contributed by atoms with Crippen LogP contribution in [0.3, 0.4) is 0 Å². The first kappa shape index (κ1) is 17.0. The topological polar surface area (TPSA) is 81.1 Å². The molecular weight excluding hydrogens is 328 g/mol. The van der Waals surface area contributed by atoms with Crippen LogP contribution in [0.5, 0.6) is 0 Å². The van der Waals surface area contributed by atoms with Gasteiger partial charge in [0.1, 0.15) is 11.9 Å². The van der Waals surface area contributed by atoms with Crippen LogP contribution in [0.2, 0.25) is 0 Å². The van der Waals surface area contributed by atoms with Crippen molar-refractivity contribution in [1.29, 1.82) is 5.26 Å². The molecule has 0 radical (unpaired) electrons. The molecule has 0 bridgehead atoms. The van der Waals surface area contributed by atoms with E-state index in [1.807, 2.05) is 18.3 Å². The smallest absolute Gasteiger partial charge is 0.146 e. The lowest BCUT2D eigenvalue weighted by molar-refractivity contribution is 0.0340. The van der Waals surface area contributed by atoms with Gasteiger partial charge < -0.3 is 9.64 Å². The summed E-state index contributed by atoms with van der Waals surface area (Å²) >= 11 is 0. The first-order valence-corrected chi connectivity index (χ1v) is 9.27. The van der Waals surface area contributed by atoms with Crippen molar-refractivity contribution in [3.8, 4) is 6.07 Å². The quantitative estimate of drug-likeness (QED) is 0.905. The van der Waals surface area contributed by atoms with E-state index < -0.39 is 0 Å². The lowest BCUT2D eigenvalue weighted by Crippen LogP contribution is -2.37. The highest BCUT2D eigenvalue weighted by Crippen LogP contribution is 2.31. The summed E-state index contributed by atoms with van der Waals surface area (Å²) in [7, 11) is 0. The minimum absolute atomic E-state index is 0.385. The minimum Gasteiger partial charge on any atom is -0.379 e. The number of nitrogens with one attached hydrogen (secondary N) is 1. The molecular formula is C19H24N6O. The summed E-state index contributed by atoms with van der Waals surface area (Å²) in [6.07, 6.45) is 5.94. The Labute approximate surface area is 153 Å². The summed E-state index contributed by atoms with van der Waals surface area (Å²) in [5.74, 6) is 1.18. The van der Waals surface area contributed by atoms with E-state index in [2.05, 4.69) is 31.1 Å². The zero-order valence-electron chi connectivity index (χ0n) is 14.9. The average Bonchev–Trinajstić information content (AvgIpc) is 3.17. The highest BCUT2D eigenvalue weighted by Gasteiger charge is 2.27. The molecule has 1 atom stereocenters. The summed E-state index contributed by atoms with van der Waals surface area (Å²) in [5, 5.41) is 16.9. The number of pyridine rings is 1. The molecule has 2 aromatic rings. The van der Waals surface area contributed by atoms with Gasteiger partial charge >= 0.3 is 0 Å². The first-order chi connectivity index (χ1) is 12.8. The lowest BCUT2D eigenvalue weighted by atomic mass is 9.92. The molecule has 2 fully saturated rings. The zero-order valence-corrected chi connectivity index (χ0v) is 14.9. The van der Waals surface area contributed by atoms with Crippen LogP contribution in [-0.2, 0) is 11.3 Å². The van der Waals surface area contributed by atoms with Gasteiger partial charge in [0.15, 0.2) is 0 Å². The molecule has 136 valence electrons. The van der Waals surface area contributed by atoms with Crippen molar-refractivity contribution < 1.29 is 4.74 Å². The second-order valence-corrected chi connectivity index (χ2v) is 6.97. The molecule has 0 spiro atoms. The maximum absolute atomic E-state index is 9.38. The summed E-state index contributed by atoms with van der Waals surface area (Å²) in [6.45, 7) is 6.28. The molecule has 0 amide bonds. The Morgan fingerprint density at radius 1 is 1.31 bits per heavy atom. The van der Waals surface area contributed by atoms with Crippen LogP contribution < -0.4 is 4.90 Å². The van der Waals surface area contributed by atoms with Crippen molar-refractivity contribution in [2.75, 3.05) is 44.3 Å². The molecule has 0 unspecified atom stereocenters.